The van der Waals surface area contributed by atoms with Crippen molar-refractivity contribution in [1.82, 2.24) is 14.5 Å². The van der Waals surface area contributed by atoms with E-state index in [4.69, 9.17) is 11.6 Å². The zero-order valence-corrected chi connectivity index (χ0v) is 16.7. The number of halogens is 1. The fourth-order valence-corrected chi connectivity index (χ4v) is 3.69. The molecule has 0 saturated carbocycles. The molecule has 0 fully saturated rings. The van der Waals surface area contributed by atoms with E-state index in [9.17, 15) is 9.59 Å². The second-order valence-electron chi connectivity index (χ2n) is 6.09. The van der Waals surface area contributed by atoms with E-state index in [1.54, 1.807) is 42.6 Å². The number of amides is 1. The number of nitrogens with one attached hydrogen (secondary N) is 1. The van der Waals surface area contributed by atoms with Crippen LogP contribution in [0.3, 0.4) is 0 Å². The molecule has 1 amide bonds. The summed E-state index contributed by atoms with van der Waals surface area (Å²) in [5.74, 6) is -0.132. The molecule has 8 heteroatoms. The number of benzene rings is 2. The third-order valence-electron chi connectivity index (χ3n) is 4.09. The van der Waals surface area contributed by atoms with Crippen LogP contribution in [0.1, 0.15) is 0 Å². The summed E-state index contributed by atoms with van der Waals surface area (Å²) in [7, 11) is 0. The van der Waals surface area contributed by atoms with Gasteiger partial charge in [-0.1, -0.05) is 41.6 Å². The van der Waals surface area contributed by atoms with E-state index in [2.05, 4.69) is 15.3 Å². The SMILES string of the molecule is O=C(CSc1nc2ncccc2c(=O)n1-c1ccccc1)Nc1ccc(Cl)cc1. The highest BCUT2D eigenvalue weighted by Gasteiger charge is 2.15. The quantitative estimate of drug-likeness (QED) is 0.386. The minimum atomic E-state index is -0.227. The third-order valence-corrected chi connectivity index (χ3v) is 5.28. The molecule has 0 radical (unpaired) electrons. The Labute approximate surface area is 175 Å². The van der Waals surface area contributed by atoms with E-state index in [1.807, 2.05) is 30.3 Å². The number of carbonyl (C=O) groups is 1. The molecule has 2 aromatic carbocycles. The van der Waals surface area contributed by atoms with Crippen LogP contribution in [0.5, 0.6) is 0 Å². The van der Waals surface area contributed by atoms with Crippen LogP contribution in [0.15, 0.2) is 82.9 Å². The van der Waals surface area contributed by atoms with Crippen molar-refractivity contribution in [3.63, 3.8) is 0 Å². The average Bonchev–Trinajstić information content (AvgIpc) is 2.75. The smallest absolute Gasteiger partial charge is 0.268 e. The minimum Gasteiger partial charge on any atom is -0.325 e. The molecule has 0 aliphatic heterocycles. The van der Waals surface area contributed by atoms with Gasteiger partial charge in [0.15, 0.2) is 10.8 Å². The Bertz CT molecular complexity index is 1230. The number of pyridine rings is 1. The van der Waals surface area contributed by atoms with Crippen LogP contribution >= 0.6 is 23.4 Å². The van der Waals surface area contributed by atoms with Gasteiger partial charge < -0.3 is 5.32 Å². The van der Waals surface area contributed by atoms with Gasteiger partial charge in [0.2, 0.25) is 5.91 Å². The minimum absolute atomic E-state index is 0.0836. The molecule has 4 aromatic rings. The maximum absolute atomic E-state index is 13.1. The van der Waals surface area contributed by atoms with Gasteiger partial charge in [0, 0.05) is 16.9 Å². The zero-order chi connectivity index (χ0) is 20.2. The first kappa shape index (κ1) is 19.2. The molecular formula is C21H15ClN4O2S. The fourth-order valence-electron chi connectivity index (χ4n) is 2.76. The Hall–Kier alpha value is -3.16. The van der Waals surface area contributed by atoms with Crippen molar-refractivity contribution in [2.24, 2.45) is 0 Å². The highest BCUT2D eigenvalue weighted by Crippen LogP contribution is 2.21. The van der Waals surface area contributed by atoms with Gasteiger partial charge in [0.1, 0.15) is 0 Å². The number of hydrogen-bond donors (Lipinski definition) is 1. The Morgan fingerprint density at radius 1 is 1.03 bits per heavy atom. The first-order chi connectivity index (χ1) is 14.1. The molecule has 2 aromatic heterocycles. The lowest BCUT2D eigenvalue weighted by Crippen LogP contribution is -2.23. The Morgan fingerprint density at radius 3 is 2.55 bits per heavy atom. The van der Waals surface area contributed by atoms with Crippen LogP contribution in [-0.4, -0.2) is 26.2 Å². The maximum atomic E-state index is 13.1. The standard InChI is InChI=1S/C21H15ClN4O2S/c22-14-8-10-15(11-9-14)24-18(27)13-29-21-25-19-17(7-4-12-23-19)20(28)26(21)16-5-2-1-3-6-16/h1-12H,13H2,(H,24,27). The summed E-state index contributed by atoms with van der Waals surface area (Å²) in [6.45, 7) is 0. The van der Waals surface area contributed by atoms with Gasteiger partial charge in [-0.25, -0.2) is 9.97 Å². The predicted molar refractivity (Wildman–Crippen MR) is 116 cm³/mol. The lowest BCUT2D eigenvalue weighted by atomic mass is 10.3. The molecule has 0 unspecified atom stereocenters. The second-order valence-corrected chi connectivity index (χ2v) is 7.47. The summed E-state index contributed by atoms with van der Waals surface area (Å²) in [6, 6.07) is 19.5. The van der Waals surface area contributed by atoms with Gasteiger partial charge in [-0.15, -0.1) is 0 Å². The van der Waals surface area contributed by atoms with Crippen molar-refractivity contribution < 1.29 is 4.79 Å². The Morgan fingerprint density at radius 2 is 1.79 bits per heavy atom. The summed E-state index contributed by atoms with van der Waals surface area (Å²) in [6.07, 6.45) is 1.59. The van der Waals surface area contributed by atoms with Gasteiger partial charge in [0.05, 0.1) is 16.8 Å². The van der Waals surface area contributed by atoms with Crippen molar-refractivity contribution in [3.05, 3.63) is 88.3 Å². The van der Waals surface area contributed by atoms with Crippen molar-refractivity contribution in [1.29, 1.82) is 0 Å². The number of rotatable bonds is 5. The molecule has 0 aliphatic rings. The number of fused-ring (bicyclic) bond motifs is 1. The molecule has 0 aliphatic carbocycles. The van der Waals surface area contributed by atoms with E-state index < -0.39 is 0 Å². The van der Waals surface area contributed by atoms with Crippen molar-refractivity contribution in [2.45, 2.75) is 5.16 Å². The van der Waals surface area contributed by atoms with Crippen LogP contribution in [0.2, 0.25) is 5.02 Å². The molecule has 6 nitrogen and oxygen atoms in total. The van der Waals surface area contributed by atoms with Crippen LogP contribution in [0.4, 0.5) is 5.69 Å². The third kappa shape index (κ3) is 4.31. The number of carbonyl (C=O) groups excluding carboxylic acids is 1. The predicted octanol–water partition coefficient (Wildman–Crippen LogP) is 4.16. The van der Waals surface area contributed by atoms with Crippen LogP contribution in [0, 0.1) is 0 Å². The van der Waals surface area contributed by atoms with Gasteiger partial charge >= 0.3 is 0 Å². The van der Waals surface area contributed by atoms with Crippen molar-refractivity contribution in [3.8, 4) is 5.69 Å². The van der Waals surface area contributed by atoms with Crippen molar-refractivity contribution in [2.75, 3.05) is 11.1 Å². The number of anilines is 1. The molecule has 1 N–H and O–H groups in total. The Kier molecular flexibility index (Phi) is 5.59. The number of thioether (sulfide) groups is 1. The molecule has 0 bridgehead atoms. The van der Waals surface area contributed by atoms with Crippen molar-refractivity contribution >= 4 is 46.0 Å². The van der Waals surface area contributed by atoms with Gasteiger partial charge in [0.25, 0.3) is 5.56 Å². The molecule has 29 heavy (non-hydrogen) atoms. The Balaban J connectivity index is 1.64. The lowest BCUT2D eigenvalue weighted by molar-refractivity contribution is -0.113. The summed E-state index contributed by atoms with van der Waals surface area (Å²) in [5.41, 5.74) is 1.45. The van der Waals surface area contributed by atoms with E-state index in [0.717, 1.165) is 0 Å². The van der Waals surface area contributed by atoms with E-state index in [1.165, 1.54) is 16.3 Å². The van der Waals surface area contributed by atoms with Gasteiger partial charge in [-0.2, -0.15) is 0 Å². The summed E-state index contributed by atoms with van der Waals surface area (Å²) in [4.78, 5) is 34.2. The maximum Gasteiger partial charge on any atom is 0.268 e. The second kappa shape index (κ2) is 8.46. The van der Waals surface area contributed by atoms with E-state index in [-0.39, 0.29) is 17.2 Å². The van der Waals surface area contributed by atoms with Gasteiger partial charge in [-0.05, 0) is 48.5 Å². The molecule has 0 atom stereocenters. The number of aromatic nitrogens is 3. The number of hydrogen-bond acceptors (Lipinski definition) is 5. The number of nitrogens with zero attached hydrogens (tertiary/aromatic N) is 3. The van der Waals surface area contributed by atoms with Gasteiger partial charge in [-0.3, -0.25) is 14.2 Å². The molecule has 144 valence electrons. The number of para-hydroxylation sites is 1. The summed E-state index contributed by atoms with van der Waals surface area (Å²) in [5, 5.41) is 4.22. The molecule has 4 rings (SSSR count). The molecule has 0 spiro atoms. The first-order valence-electron chi connectivity index (χ1n) is 8.73. The van der Waals surface area contributed by atoms with E-state index in [0.29, 0.717) is 32.6 Å². The lowest BCUT2D eigenvalue weighted by Gasteiger charge is -2.12. The molecular weight excluding hydrogens is 408 g/mol. The monoisotopic (exact) mass is 422 g/mol. The summed E-state index contributed by atoms with van der Waals surface area (Å²) < 4.78 is 1.50. The van der Waals surface area contributed by atoms with E-state index >= 15 is 0 Å². The van der Waals surface area contributed by atoms with Crippen LogP contribution in [-0.2, 0) is 4.79 Å². The highest BCUT2D eigenvalue weighted by atomic mass is 35.5. The molecule has 0 saturated heterocycles. The summed E-state index contributed by atoms with van der Waals surface area (Å²) >= 11 is 7.04. The fraction of sp³-hybridized carbons (Fsp3) is 0.0476. The highest BCUT2D eigenvalue weighted by molar-refractivity contribution is 7.99. The van der Waals surface area contributed by atoms with Crippen LogP contribution < -0.4 is 10.9 Å². The average molecular weight is 423 g/mol. The first-order valence-corrected chi connectivity index (χ1v) is 10.1. The van der Waals surface area contributed by atoms with Crippen LogP contribution in [0.25, 0.3) is 16.7 Å². The molecule has 2 heterocycles. The normalized spacial score (nSPS) is 10.8. The largest absolute Gasteiger partial charge is 0.325 e. The topological polar surface area (TPSA) is 76.9 Å². The zero-order valence-electron chi connectivity index (χ0n) is 15.1.